The van der Waals surface area contributed by atoms with Gasteiger partial charge >= 0.3 is 0 Å². The van der Waals surface area contributed by atoms with Gasteiger partial charge in [0.05, 0.1) is 11.0 Å². The maximum Gasteiger partial charge on any atom is 0.229 e. The molecular weight excluding hydrogens is 496 g/mol. The SMILES string of the molecule is CC1CC(C)(C)CC[C@@]1(CC[C@]1(C)CC(=O)C=C2[C@@]3(C)C=C(C#N)C(=O)[C@@H](C)[C@@H]3CC[C@]21C)C(=O)N1CCCC1. The van der Waals surface area contributed by atoms with Crippen molar-refractivity contribution in [1.82, 2.24) is 4.90 Å². The molecule has 7 atom stereocenters. The fourth-order valence-electron chi connectivity index (χ4n) is 10.1. The van der Waals surface area contributed by atoms with Gasteiger partial charge in [0.1, 0.15) is 6.07 Å². The number of carbonyl (C=O) groups is 3. The Kier molecular flexibility index (Phi) is 7.08. The Labute approximate surface area is 241 Å². The van der Waals surface area contributed by atoms with Crippen LogP contribution >= 0.6 is 0 Å². The third-order valence-electron chi connectivity index (χ3n) is 12.9. The molecule has 1 heterocycles. The molecule has 0 aromatic rings. The lowest BCUT2D eigenvalue weighted by Crippen LogP contribution is -2.56. The summed E-state index contributed by atoms with van der Waals surface area (Å²) in [6, 6.07) is 2.16. The summed E-state index contributed by atoms with van der Waals surface area (Å²) in [5.41, 5.74) is 0.202. The van der Waals surface area contributed by atoms with E-state index in [1.54, 1.807) is 0 Å². The molecule has 5 nitrogen and oxygen atoms in total. The predicted molar refractivity (Wildman–Crippen MR) is 157 cm³/mol. The predicted octanol–water partition coefficient (Wildman–Crippen LogP) is 7.22. The highest BCUT2D eigenvalue weighted by Gasteiger charge is 2.62. The molecule has 0 N–H and O–H groups in total. The number of fused-ring (bicyclic) bond motifs is 3. The van der Waals surface area contributed by atoms with Crippen LogP contribution in [0.2, 0.25) is 0 Å². The molecule has 0 radical (unpaired) electrons. The second-order valence-electron chi connectivity index (χ2n) is 15.8. The first-order valence-electron chi connectivity index (χ1n) is 15.8. The van der Waals surface area contributed by atoms with Crippen LogP contribution in [0.4, 0.5) is 0 Å². The Morgan fingerprint density at radius 2 is 1.70 bits per heavy atom. The molecule has 5 aliphatic rings. The lowest BCUT2D eigenvalue weighted by Gasteiger charge is -2.62. The Morgan fingerprint density at radius 1 is 1.02 bits per heavy atom. The van der Waals surface area contributed by atoms with Gasteiger partial charge in [0.25, 0.3) is 0 Å². The largest absolute Gasteiger partial charge is 0.342 e. The van der Waals surface area contributed by atoms with Gasteiger partial charge in [-0.05, 0) is 91.9 Å². The van der Waals surface area contributed by atoms with Crippen molar-refractivity contribution < 1.29 is 14.4 Å². The second-order valence-corrected chi connectivity index (χ2v) is 15.8. The molecule has 1 amide bonds. The van der Waals surface area contributed by atoms with E-state index in [1.165, 1.54) is 0 Å². The monoisotopic (exact) mass is 546 g/mol. The van der Waals surface area contributed by atoms with Crippen LogP contribution in [-0.4, -0.2) is 35.5 Å². The zero-order chi connectivity index (χ0) is 29.3. The molecule has 218 valence electrons. The van der Waals surface area contributed by atoms with E-state index < -0.39 is 5.41 Å². The first-order chi connectivity index (χ1) is 18.6. The molecule has 5 rings (SSSR count). The van der Waals surface area contributed by atoms with Crippen LogP contribution in [0.3, 0.4) is 0 Å². The number of hydrogen-bond acceptors (Lipinski definition) is 4. The minimum absolute atomic E-state index is 0.0596. The molecule has 1 aliphatic heterocycles. The Balaban J connectivity index is 1.51. The highest BCUT2D eigenvalue weighted by Crippen LogP contribution is 2.68. The van der Waals surface area contributed by atoms with Gasteiger partial charge in [0.15, 0.2) is 11.6 Å². The van der Waals surface area contributed by atoms with Gasteiger partial charge < -0.3 is 4.90 Å². The van der Waals surface area contributed by atoms with Gasteiger partial charge in [-0.3, -0.25) is 14.4 Å². The molecule has 3 fully saturated rings. The molecule has 0 aromatic carbocycles. The van der Waals surface area contributed by atoms with E-state index in [1.807, 2.05) is 19.1 Å². The first kappa shape index (κ1) is 29.3. The van der Waals surface area contributed by atoms with E-state index in [2.05, 4.69) is 52.5 Å². The Morgan fingerprint density at radius 3 is 2.33 bits per heavy atom. The summed E-state index contributed by atoms with van der Waals surface area (Å²) in [5, 5.41) is 9.80. The number of rotatable bonds is 4. The van der Waals surface area contributed by atoms with E-state index in [0.717, 1.165) is 76.5 Å². The normalized spacial score (nSPS) is 42.9. The molecule has 2 saturated carbocycles. The molecule has 1 saturated heterocycles. The van der Waals surface area contributed by atoms with Crippen molar-refractivity contribution in [1.29, 1.82) is 5.26 Å². The topological polar surface area (TPSA) is 78.2 Å². The minimum Gasteiger partial charge on any atom is -0.342 e. The quantitative estimate of drug-likeness (QED) is 0.373. The molecule has 5 heteroatoms. The summed E-state index contributed by atoms with van der Waals surface area (Å²) in [5.74, 6) is 0.606. The van der Waals surface area contributed by atoms with E-state index >= 15 is 0 Å². The summed E-state index contributed by atoms with van der Waals surface area (Å²) in [6.07, 6.45) is 13.0. The molecular formula is C35H50N2O3. The molecule has 0 bridgehead atoms. The van der Waals surface area contributed by atoms with E-state index in [4.69, 9.17) is 0 Å². The van der Waals surface area contributed by atoms with Crippen molar-refractivity contribution in [3.63, 3.8) is 0 Å². The van der Waals surface area contributed by atoms with Crippen molar-refractivity contribution in [2.45, 2.75) is 113 Å². The molecule has 0 spiro atoms. The third-order valence-corrected chi connectivity index (χ3v) is 12.9. The van der Waals surface area contributed by atoms with Crippen LogP contribution in [-0.2, 0) is 14.4 Å². The van der Waals surface area contributed by atoms with Crippen molar-refractivity contribution in [2.24, 2.45) is 44.8 Å². The highest BCUT2D eigenvalue weighted by atomic mass is 16.2. The average Bonchev–Trinajstić information content (AvgIpc) is 3.42. The number of nitriles is 1. The Bertz CT molecular complexity index is 1220. The van der Waals surface area contributed by atoms with Gasteiger partial charge in [-0.15, -0.1) is 0 Å². The van der Waals surface area contributed by atoms with Gasteiger partial charge in [0.2, 0.25) is 5.91 Å². The summed E-state index contributed by atoms with van der Waals surface area (Å²) in [7, 11) is 0. The smallest absolute Gasteiger partial charge is 0.229 e. The van der Waals surface area contributed by atoms with E-state index in [0.29, 0.717) is 18.2 Å². The summed E-state index contributed by atoms with van der Waals surface area (Å²) in [4.78, 5) is 42.9. The molecule has 0 aromatic heterocycles. The lowest BCUT2D eigenvalue weighted by molar-refractivity contribution is -0.151. The van der Waals surface area contributed by atoms with Crippen molar-refractivity contribution in [2.75, 3.05) is 13.1 Å². The average molecular weight is 547 g/mol. The van der Waals surface area contributed by atoms with E-state index in [-0.39, 0.29) is 50.6 Å². The summed E-state index contributed by atoms with van der Waals surface area (Å²) >= 11 is 0. The zero-order valence-electron chi connectivity index (χ0n) is 26.0. The number of likely N-dealkylation sites (tertiary alicyclic amines) is 1. The summed E-state index contributed by atoms with van der Waals surface area (Å²) in [6.45, 7) is 17.5. The molecule has 40 heavy (non-hydrogen) atoms. The number of ketones is 2. The van der Waals surface area contributed by atoms with Gasteiger partial charge in [-0.1, -0.05) is 60.1 Å². The lowest BCUT2D eigenvalue weighted by atomic mass is 9.41. The number of Topliss-reactive ketones (excluding diaryl/α,β-unsaturated/α-hetero) is 1. The van der Waals surface area contributed by atoms with Crippen LogP contribution in [0.5, 0.6) is 0 Å². The number of nitrogens with zero attached hydrogens (tertiary/aromatic N) is 2. The van der Waals surface area contributed by atoms with Gasteiger partial charge in [-0.25, -0.2) is 0 Å². The van der Waals surface area contributed by atoms with Crippen molar-refractivity contribution in [3.05, 3.63) is 23.3 Å². The summed E-state index contributed by atoms with van der Waals surface area (Å²) < 4.78 is 0. The van der Waals surface area contributed by atoms with Crippen LogP contribution in [0, 0.1) is 56.2 Å². The zero-order valence-corrected chi connectivity index (χ0v) is 26.0. The van der Waals surface area contributed by atoms with Crippen LogP contribution in [0.15, 0.2) is 23.3 Å². The first-order valence-corrected chi connectivity index (χ1v) is 15.8. The fourth-order valence-corrected chi connectivity index (χ4v) is 10.1. The second kappa shape index (κ2) is 9.67. The number of carbonyl (C=O) groups excluding carboxylic acids is 3. The maximum atomic E-state index is 14.3. The van der Waals surface area contributed by atoms with Gasteiger partial charge in [0, 0.05) is 30.8 Å². The van der Waals surface area contributed by atoms with Crippen LogP contribution in [0.25, 0.3) is 0 Å². The molecule has 4 aliphatic carbocycles. The third kappa shape index (κ3) is 4.26. The highest BCUT2D eigenvalue weighted by molar-refractivity contribution is 6.02. The van der Waals surface area contributed by atoms with Gasteiger partial charge in [-0.2, -0.15) is 5.26 Å². The Hall–Kier alpha value is -2.22. The van der Waals surface area contributed by atoms with Crippen LogP contribution in [0.1, 0.15) is 113 Å². The van der Waals surface area contributed by atoms with Crippen LogP contribution < -0.4 is 0 Å². The number of amides is 1. The minimum atomic E-state index is -0.492. The fraction of sp³-hybridized carbons (Fsp3) is 0.771. The maximum absolute atomic E-state index is 14.3. The molecule has 1 unspecified atom stereocenters. The van der Waals surface area contributed by atoms with E-state index in [9.17, 15) is 19.6 Å². The standard InChI is InChI=1S/C35H50N2O3/c1-23-19-31(3,4)12-14-35(23,30(40)37-16-8-9-17-37)15-13-32(5)21-26(38)18-28-33(6)20-25(22-36)29(39)24(2)27(33)10-11-34(28,32)7/h18,20,23-24,27H,8-17,19,21H2,1-7H3/t23?,24-,27-,32+,33-,34+,35-/m0/s1. The van der Waals surface area contributed by atoms with Crippen molar-refractivity contribution >= 4 is 17.5 Å². The number of hydrogen-bond donors (Lipinski definition) is 0. The number of allylic oxidation sites excluding steroid dienone is 4. The van der Waals surface area contributed by atoms with Crippen molar-refractivity contribution in [3.8, 4) is 6.07 Å².